The third-order valence-electron chi connectivity index (χ3n) is 3.67. The van der Waals surface area contributed by atoms with E-state index in [-0.39, 0.29) is 0 Å². The van der Waals surface area contributed by atoms with E-state index in [0.29, 0.717) is 0 Å². The summed E-state index contributed by atoms with van der Waals surface area (Å²) in [7, 11) is 2.10. The van der Waals surface area contributed by atoms with Crippen molar-refractivity contribution >= 4 is 5.57 Å². The molecular weight excluding hydrogens is 254 g/mol. The highest BCUT2D eigenvalue weighted by Crippen LogP contribution is 2.24. The fourth-order valence-electron chi connectivity index (χ4n) is 2.56. The van der Waals surface area contributed by atoms with Crippen molar-refractivity contribution in [3.63, 3.8) is 0 Å². The monoisotopic (exact) mass is 278 g/mol. The minimum Gasteiger partial charge on any atom is -0.201 e. The maximum atomic E-state index is 2.28. The molecule has 0 amide bonds. The summed E-state index contributed by atoms with van der Waals surface area (Å²) in [4.78, 5) is 0. The third-order valence-corrected chi connectivity index (χ3v) is 3.67. The molecule has 0 atom stereocenters. The van der Waals surface area contributed by atoms with Gasteiger partial charge in [-0.05, 0) is 43.0 Å². The molecule has 1 nitrogen and oxygen atoms in total. The first-order valence-corrected chi connectivity index (χ1v) is 7.56. The lowest BCUT2D eigenvalue weighted by atomic mass is 9.99. The fourth-order valence-corrected chi connectivity index (χ4v) is 2.56. The van der Waals surface area contributed by atoms with E-state index in [1.165, 1.54) is 28.0 Å². The largest absolute Gasteiger partial charge is 0.213 e. The average molecular weight is 278 g/mol. The van der Waals surface area contributed by atoms with Crippen molar-refractivity contribution in [2.45, 2.75) is 27.2 Å². The molecule has 0 unspecified atom stereocenters. The predicted molar refractivity (Wildman–Crippen MR) is 90.9 cm³/mol. The van der Waals surface area contributed by atoms with Crippen molar-refractivity contribution in [2.24, 2.45) is 7.05 Å². The number of aromatic nitrogens is 1. The summed E-state index contributed by atoms with van der Waals surface area (Å²) in [5, 5.41) is 0. The molecule has 108 valence electrons. The molecule has 0 fully saturated rings. The van der Waals surface area contributed by atoms with Gasteiger partial charge in [-0.25, -0.2) is 4.57 Å². The lowest BCUT2D eigenvalue weighted by Crippen LogP contribution is -2.30. The number of benzene rings is 1. The van der Waals surface area contributed by atoms with Crippen LogP contribution in [0.2, 0.25) is 0 Å². The van der Waals surface area contributed by atoms with Crippen LogP contribution in [0.25, 0.3) is 16.8 Å². The van der Waals surface area contributed by atoms with Crippen molar-refractivity contribution in [3.05, 3.63) is 72.0 Å². The van der Waals surface area contributed by atoms with Gasteiger partial charge in [0.15, 0.2) is 6.20 Å². The van der Waals surface area contributed by atoms with E-state index < -0.39 is 0 Å². The molecule has 0 saturated heterocycles. The Morgan fingerprint density at radius 2 is 1.95 bits per heavy atom. The van der Waals surface area contributed by atoms with Crippen molar-refractivity contribution in [1.82, 2.24) is 0 Å². The van der Waals surface area contributed by atoms with Gasteiger partial charge in [-0.1, -0.05) is 43.4 Å². The van der Waals surface area contributed by atoms with Crippen LogP contribution in [0.15, 0.2) is 60.8 Å². The Bertz CT molecular complexity index is 678. The van der Waals surface area contributed by atoms with Crippen LogP contribution in [-0.2, 0) is 7.05 Å². The van der Waals surface area contributed by atoms with Crippen LogP contribution < -0.4 is 4.57 Å². The molecular formula is C20H24N+. The van der Waals surface area contributed by atoms with E-state index in [2.05, 4.69) is 93.2 Å². The molecule has 0 N–H and O–H groups in total. The van der Waals surface area contributed by atoms with E-state index >= 15 is 0 Å². The number of aryl methyl sites for hydroxylation is 2. The van der Waals surface area contributed by atoms with Gasteiger partial charge in [0, 0.05) is 17.7 Å². The van der Waals surface area contributed by atoms with Gasteiger partial charge in [0.2, 0.25) is 5.69 Å². The molecule has 0 radical (unpaired) electrons. The Morgan fingerprint density at radius 1 is 1.19 bits per heavy atom. The molecule has 0 saturated carbocycles. The minimum atomic E-state index is 1.04. The lowest BCUT2D eigenvalue weighted by molar-refractivity contribution is -0.660. The van der Waals surface area contributed by atoms with Crippen LogP contribution >= 0.6 is 0 Å². The van der Waals surface area contributed by atoms with E-state index in [9.17, 15) is 0 Å². The van der Waals surface area contributed by atoms with E-state index in [1.807, 2.05) is 0 Å². The fraction of sp³-hybridized carbons (Fsp3) is 0.250. The molecule has 1 heterocycles. The van der Waals surface area contributed by atoms with Crippen LogP contribution in [0, 0.1) is 6.92 Å². The van der Waals surface area contributed by atoms with Gasteiger partial charge in [-0.3, -0.25) is 0 Å². The first kappa shape index (κ1) is 15.2. The van der Waals surface area contributed by atoms with Crippen molar-refractivity contribution < 1.29 is 4.57 Å². The Morgan fingerprint density at radius 3 is 2.62 bits per heavy atom. The van der Waals surface area contributed by atoms with Gasteiger partial charge in [-0.2, -0.15) is 0 Å². The van der Waals surface area contributed by atoms with E-state index in [0.717, 1.165) is 6.42 Å². The zero-order chi connectivity index (χ0) is 15.2. The summed E-state index contributed by atoms with van der Waals surface area (Å²) < 4.78 is 2.19. The molecule has 0 aliphatic carbocycles. The minimum absolute atomic E-state index is 1.04. The number of rotatable bonds is 4. The van der Waals surface area contributed by atoms with Gasteiger partial charge < -0.3 is 0 Å². The molecule has 0 spiro atoms. The molecule has 2 rings (SSSR count). The maximum Gasteiger partial charge on any atom is 0.213 e. The maximum absolute atomic E-state index is 2.28. The van der Waals surface area contributed by atoms with Gasteiger partial charge in [0.1, 0.15) is 7.05 Å². The Balaban J connectivity index is 2.57. The van der Waals surface area contributed by atoms with Gasteiger partial charge in [0.25, 0.3) is 0 Å². The first-order valence-electron chi connectivity index (χ1n) is 7.56. The second-order valence-corrected chi connectivity index (χ2v) is 5.29. The Kier molecular flexibility index (Phi) is 5.10. The molecule has 0 aliphatic rings. The van der Waals surface area contributed by atoms with Crippen LogP contribution in [0.5, 0.6) is 0 Å². The normalized spacial score (nSPS) is 12.1. The molecule has 0 bridgehead atoms. The summed E-state index contributed by atoms with van der Waals surface area (Å²) >= 11 is 0. The Hall–Kier alpha value is -2.15. The van der Waals surface area contributed by atoms with Gasteiger partial charge in [0.05, 0.1) is 0 Å². The Labute approximate surface area is 128 Å². The summed E-state index contributed by atoms with van der Waals surface area (Å²) in [5.41, 5.74) is 6.40. The second kappa shape index (κ2) is 7.03. The number of allylic oxidation sites excluding steroid dienone is 4. The smallest absolute Gasteiger partial charge is 0.201 e. The number of pyridine rings is 1. The van der Waals surface area contributed by atoms with Crippen LogP contribution in [0.4, 0.5) is 0 Å². The first-order chi connectivity index (χ1) is 10.2. The van der Waals surface area contributed by atoms with Crippen molar-refractivity contribution in [3.8, 4) is 11.3 Å². The summed E-state index contributed by atoms with van der Waals surface area (Å²) in [6.45, 7) is 6.40. The van der Waals surface area contributed by atoms with Gasteiger partial charge >= 0.3 is 0 Å². The molecule has 1 aromatic heterocycles. The quantitative estimate of drug-likeness (QED) is 0.555. The SMILES string of the molecule is C/C=C\C(=C/CC)c1cc[n+](C)c(-c2ccccc2C)c1. The predicted octanol–water partition coefficient (Wildman–Crippen LogP) is 4.86. The lowest BCUT2D eigenvalue weighted by Gasteiger charge is -2.07. The molecule has 21 heavy (non-hydrogen) atoms. The number of hydrogen-bond acceptors (Lipinski definition) is 0. The molecule has 0 aliphatic heterocycles. The summed E-state index contributed by atoms with van der Waals surface area (Å²) in [5.74, 6) is 0. The second-order valence-electron chi connectivity index (χ2n) is 5.29. The standard InChI is InChI=1S/C20H24N/c1-5-9-17(10-6-2)18-13-14-21(4)20(15-18)19-12-8-7-11-16(19)3/h5,7-15H,6H2,1-4H3/q+1/b9-5-,17-10+. The molecule has 2 aromatic rings. The van der Waals surface area contributed by atoms with Crippen LogP contribution in [0.1, 0.15) is 31.4 Å². The van der Waals surface area contributed by atoms with Gasteiger partial charge in [-0.15, -0.1) is 0 Å². The number of nitrogens with zero attached hydrogens (tertiary/aromatic N) is 1. The topological polar surface area (TPSA) is 3.88 Å². The van der Waals surface area contributed by atoms with Crippen LogP contribution in [-0.4, -0.2) is 0 Å². The van der Waals surface area contributed by atoms with E-state index in [4.69, 9.17) is 0 Å². The third kappa shape index (κ3) is 3.49. The van der Waals surface area contributed by atoms with Crippen LogP contribution in [0.3, 0.4) is 0 Å². The van der Waals surface area contributed by atoms with Crippen molar-refractivity contribution in [1.29, 1.82) is 0 Å². The zero-order valence-corrected chi connectivity index (χ0v) is 13.4. The highest BCUT2D eigenvalue weighted by atomic mass is 14.9. The summed E-state index contributed by atoms with van der Waals surface area (Å²) in [6, 6.07) is 13.0. The highest BCUT2D eigenvalue weighted by molar-refractivity contribution is 5.76. The average Bonchev–Trinajstić information content (AvgIpc) is 2.48. The summed E-state index contributed by atoms with van der Waals surface area (Å²) in [6.07, 6.45) is 9.74. The van der Waals surface area contributed by atoms with E-state index in [1.54, 1.807) is 0 Å². The zero-order valence-electron chi connectivity index (χ0n) is 13.4. The number of hydrogen-bond donors (Lipinski definition) is 0. The van der Waals surface area contributed by atoms with Crippen molar-refractivity contribution in [2.75, 3.05) is 0 Å². The highest BCUT2D eigenvalue weighted by Gasteiger charge is 2.13. The molecule has 1 heteroatoms. The molecule has 1 aromatic carbocycles.